The lowest BCUT2D eigenvalue weighted by Gasteiger charge is -2.34. The summed E-state index contributed by atoms with van der Waals surface area (Å²) in [5.74, 6) is -0.195. The van der Waals surface area contributed by atoms with Gasteiger partial charge in [-0.15, -0.1) is 0 Å². The zero-order valence-electron chi connectivity index (χ0n) is 11.7. The standard InChI is InChI=1S/C16H17FN2O2/c17-15-3-1-13(2-4-15)11-18-6-8-19(9-7-18)16(20)14-5-10-21-12-14/h1-5,10,12H,6-9,11H2. The smallest absolute Gasteiger partial charge is 0.257 e. The van der Waals surface area contributed by atoms with E-state index >= 15 is 0 Å². The molecule has 2 heterocycles. The molecule has 0 unspecified atom stereocenters. The van der Waals surface area contributed by atoms with Gasteiger partial charge in [-0.25, -0.2) is 4.39 Å². The van der Waals surface area contributed by atoms with Crippen molar-refractivity contribution < 1.29 is 13.6 Å². The molecule has 1 aliphatic rings. The van der Waals surface area contributed by atoms with E-state index in [9.17, 15) is 9.18 Å². The van der Waals surface area contributed by atoms with Crippen LogP contribution in [0.4, 0.5) is 4.39 Å². The number of rotatable bonds is 3. The molecule has 5 heteroatoms. The van der Waals surface area contributed by atoms with Gasteiger partial charge in [0.05, 0.1) is 11.8 Å². The van der Waals surface area contributed by atoms with Gasteiger partial charge in [-0.1, -0.05) is 12.1 Å². The fourth-order valence-electron chi connectivity index (χ4n) is 2.53. The zero-order valence-corrected chi connectivity index (χ0v) is 11.7. The summed E-state index contributed by atoms with van der Waals surface area (Å²) in [6.07, 6.45) is 2.99. The number of hydrogen-bond acceptors (Lipinski definition) is 3. The van der Waals surface area contributed by atoms with Crippen LogP contribution in [0.15, 0.2) is 47.3 Å². The van der Waals surface area contributed by atoms with E-state index in [-0.39, 0.29) is 11.7 Å². The number of piperazine rings is 1. The van der Waals surface area contributed by atoms with Gasteiger partial charge in [-0.3, -0.25) is 9.69 Å². The van der Waals surface area contributed by atoms with Crippen LogP contribution in [0.1, 0.15) is 15.9 Å². The first-order chi connectivity index (χ1) is 10.2. The molecule has 0 atom stereocenters. The van der Waals surface area contributed by atoms with Crippen LogP contribution >= 0.6 is 0 Å². The molecule has 1 aliphatic heterocycles. The Kier molecular flexibility index (Phi) is 4.01. The van der Waals surface area contributed by atoms with Crippen molar-refractivity contribution in [1.82, 2.24) is 9.80 Å². The Hall–Kier alpha value is -2.14. The molecule has 1 saturated heterocycles. The molecule has 21 heavy (non-hydrogen) atoms. The normalized spacial score (nSPS) is 16.1. The van der Waals surface area contributed by atoms with Crippen LogP contribution in [0.25, 0.3) is 0 Å². The Bertz CT molecular complexity index is 587. The summed E-state index contributed by atoms with van der Waals surface area (Å²) < 4.78 is 17.8. The van der Waals surface area contributed by atoms with Gasteiger partial charge in [0.2, 0.25) is 0 Å². The number of carbonyl (C=O) groups excluding carboxylic acids is 1. The van der Waals surface area contributed by atoms with Crippen LogP contribution in [0.5, 0.6) is 0 Å². The van der Waals surface area contributed by atoms with E-state index in [1.165, 1.54) is 24.7 Å². The molecule has 3 rings (SSSR count). The monoisotopic (exact) mass is 288 g/mol. The highest BCUT2D eigenvalue weighted by Crippen LogP contribution is 2.12. The zero-order chi connectivity index (χ0) is 14.7. The molecular weight excluding hydrogens is 271 g/mol. The molecule has 0 aliphatic carbocycles. The second kappa shape index (κ2) is 6.10. The van der Waals surface area contributed by atoms with E-state index in [2.05, 4.69) is 4.90 Å². The maximum Gasteiger partial charge on any atom is 0.257 e. The Morgan fingerprint density at radius 1 is 1.10 bits per heavy atom. The average molecular weight is 288 g/mol. The van der Waals surface area contributed by atoms with Gasteiger partial charge in [-0.2, -0.15) is 0 Å². The summed E-state index contributed by atoms with van der Waals surface area (Å²) in [6.45, 7) is 3.83. The van der Waals surface area contributed by atoms with Crippen molar-refractivity contribution in [1.29, 1.82) is 0 Å². The molecule has 1 aromatic heterocycles. The Morgan fingerprint density at radius 2 is 1.81 bits per heavy atom. The molecule has 0 spiro atoms. The first-order valence-corrected chi connectivity index (χ1v) is 7.00. The number of carbonyl (C=O) groups is 1. The fraction of sp³-hybridized carbons (Fsp3) is 0.312. The van der Waals surface area contributed by atoms with Gasteiger partial charge in [0.15, 0.2) is 0 Å². The van der Waals surface area contributed by atoms with Crippen LogP contribution in [0.2, 0.25) is 0 Å². The molecule has 110 valence electrons. The molecule has 1 fully saturated rings. The largest absolute Gasteiger partial charge is 0.472 e. The van der Waals surface area contributed by atoms with Crippen LogP contribution in [-0.4, -0.2) is 41.9 Å². The first kappa shape index (κ1) is 13.8. The highest BCUT2D eigenvalue weighted by molar-refractivity contribution is 5.93. The number of hydrogen-bond donors (Lipinski definition) is 0. The van der Waals surface area contributed by atoms with Gasteiger partial charge >= 0.3 is 0 Å². The minimum absolute atomic E-state index is 0.0187. The topological polar surface area (TPSA) is 36.7 Å². The molecule has 0 N–H and O–H groups in total. The van der Waals surface area contributed by atoms with Crippen molar-refractivity contribution in [2.45, 2.75) is 6.54 Å². The van der Waals surface area contributed by atoms with E-state index in [4.69, 9.17) is 4.42 Å². The second-order valence-electron chi connectivity index (χ2n) is 5.21. The number of halogens is 1. The number of benzene rings is 1. The third-order valence-electron chi connectivity index (χ3n) is 3.75. The van der Waals surface area contributed by atoms with Gasteiger partial charge in [0.1, 0.15) is 12.1 Å². The van der Waals surface area contributed by atoms with Crippen LogP contribution in [0.3, 0.4) is 0 Å². The summed E-state index contributed by atoms with van der Waals surface area (Å²) in [7, 11) is 0. The van der Waals surface area contributed by atoms with Crippen LogP contribution in [0, 0.1) is 5.82 Å². The Labute approximate surface area is 122 Å². The molecule has 0 radical (unpaired) electrons. The van der Waals surface area contributed by atoms with E-state index in [0.29, 0.717) is 18.7 Å². The molecular formula is C16H17FN2O2. The van der Waals surface area contributed by atoms with Crippen molar-refractivity contribution in [3.63, 3.8) is 0 Å². The average Bonchev–Trinajstić information content (AvgIpc) is 3.04. The molecule has 2 aromatic rings. The third-order valence-corrected chi connectivity index (χ3v) is 3.75. The Balaban J connectivity index is 1.53. The molecule has 0 bridgehead atoms. The van der Waals surface area contributed by atoms with Crippen molar-refractivity contribution in [3.8, 4) is 0 Å². The first-order valence-electron chi connectivity index (χ1n) is 7.00. The fourth-order valence-corrected chi connectivity index (χ4v) is 2.53. The van der Waals surface area contributed by atoms with E-state index in [1.807, 2.05) is 4.90 Å². The summed E-state index contributed by atoms with van der Waals surface area (Å²) in [5.41, 5.74) is 1.69. The number of furan rings is 1. The predicted octanol–water partition coefficient (Wildman–Crippen LogP) is 2.38. The Morgan fingerprint density at radius 3 is 2.43 bits per heavy atom. The minimum atomic E-state index is -0.214. The summed E-state index contributed by atoms with van der Waals surface area (Å²) in [4.78, 5) is 16.3. The van der Waals surface area contributed by atoms with Crippen molar-refractivity contribution in [3.05, 3.63) is 59.8 Å². The highest BCUT2D eigenvalue weighted by Gasteiger charge is 2.22. The maximum atomic E-state index is 12.9. The number of amides is 1. The van der Waals surface area contributed by atoms with Crippen molar-refractivity contribution in [2.75, 3.05) is 26.2 Å². The quantitative estimate of drug-likeness (QED) is 0.870. The van der Waals surface area contributed by atoms with Crippen LogP contribution < -0.4 is 0 Å². The van der Waals surface area contributed by atoms with Crippen molar-refractivity contribution in [2.24, 2.45) is 0 Å². The maximum absolute atomic E-state index is 12.9. The van der Waals surface area contributed by atoms with E-state index in [1.54, 1.807) is 18.2 Å². The lowest BCUT2D eigenvalue weighted by atomic mass is 10.2. The lowest BCUT2D eigenvalue weighted by molar-refractivity contribution is 0.0627. The lowest BCUT2D eigenvalue weighted by Crippen LogP contribution is -2.48. The minimum Gasteiger partial charge on any atom is -0.472 e. The summed E-state index contributed by atoms with van der Waals surface area (Å²) in [6, 6.07) is 8.26. The van der Waals surface area contributed by atoms with Crippen LogP contribution in [-0.2, 0) is 6.54 Å². The summed E-state index contributed by atoms with van der Waals surface area (Å²) in [5, 5.41) is 0. The van der Waals surface area contributed by atoms with Gasteiger partial charge in [-0.05, 0) is 23.8 Å². The highest BCUT2D eigenvalue weighted by atomic mass is 19.1. The number of nitrogens with zero attached hydrogens (tertiary/aromatic N) is 2. The molecule has 0 saturated carbocycles. The summed E-state index contributed by atoms with van der Waals surface area (Å²) >= 11 is 0. The van der Waals surface area contributed by atoms with E-state index < -0.39 is 0 Å². The van der Waals surface area contributed by atoms with Gasteiger partial charge < -0.3 is 9.32 Å². The molecule has 1 amide bonds. The van der Waals surface area contributed by atoms with Gasteiger partial charge in [0, 0.05) is 32.7 Å². The molecule has 1 aromatic carbocycles. The van der Waals surface area contributed by atoms with E-state index in [0.717, 1.165) is 25.2 Å². The van der Waals surface area contributed by atoms with Gasteiger partial charge in [0.25, 0.3) is 5.91 Å². The predicted molar refractivity (Wildman–Crippen MR) is 76.3 cm³/mol. The molecule has 4 nitrogen and oxygen atoms in total. The third kappa shape index (κ3) is 3.31. The SMILES string of the molecule is O=C(c1ccoc1)N1CCN(Cc2ccc(F)cc2)CC1. The van der Waals surface area contributed by atoms with Crippen molar-refractivity contribution >= 4 is 5.91 Å². The second-order valence-corrected chi connectivity index (χ2v) is 5.21.